The van der Waals surface area contributed by atoms with Crippen LogP contribution in [0.2, 0.25) is 0 Å². The van der Waals surface area contributed by atoms with Gasteiger partial charge in [-0.3, -0.25) is 4.79 Å². The van der Waals surface area contributed by atoms with Crippen LogP contribution in [0.1, 0.15) is 22.5 Å². The Morgan fingerprint density at radius 3 is 2.26 bits per heavy atom. The summed E-state index contributed by atoms with van der Waals surface area (Å²) in [5.74, 6) is -0.312. The summed E-state index contributed by atoms with van der Waals surface area (Å²) >= 11 is 0. The molecular weight excluding hydrogens is 355 g/mol. The second kappa shape index (κ2) is 7.26. The summed E-state index contributed by atoms with van der Waals surface area (Å²) in [4.78, 5) is 12.3. The van der Waals surface area contributed by atoms with Crippen molar-refractivity contribution >= 4 is 11.6 Å². The number of aromatic nitrogens is 2. The van der Waals surface area contributed by atoms with Gasteiger partial charge in [0.2, 0.25) is 5.91 Å². The van der Waals surface area contributed by atoms with E-state index in [1.807, 2.05) is 37.3 Å². The molecule has 0 aliphatic heterocycles. The second-order valence-corrected chi connectivity index (χ2v) is 6.21. The number of nitrogens with zero attached hydrogens (tertiary/aromatic N) is 2. The van der Waals surface area contributed by atoms with Gasteiger partial charge in [-0.15, -0.1) is 0 Å². The number of alkyl halides is 3. The van der Waals surface area contributed by atoms with E-state index >= 15 is 0 Å². The van der Waals surface area contributed by atoms with E-state index in [0.717, 1.165) is 23.5 Å². The van der Waals surface area contributed by atoms with Crippen molar-refractivity contribution in [3.05, 3.63) is 77.1 Å². The zero-order valence-electron chi connectivity index (χ0n) is 14.8. The second-order valence-electron chi connectivity index (χ2n) is 6.21. The average molecular weight is 373 g/mol. The van der Waals surface area contributed by atoms with E-state index in [2.05, 4.69) is 10.4 Å². The van der Waals surface area contributed by atoms with Gasteiger partial charge in [-0.25, -0.2) is 4.68 Å². The predicted molar refractivity (Wildman–Crippen MR) is 96.8 cm³/mol. The van der Waals surface area contributed by atoms with Gasteiger partial charge in [-0.2, -0.15) is 18.3 Å². The van der Waals surface area contributed by atoms with Gasteiger partial charge in [0.1, 0.15) is 0 Å². The number of carbonyl (C=O) groups is 1. The maximum Gasteiger partial charge on any atom is 0.416 e. The van der Waals surface area contributed by atoms with Crippen LogP contribution < -0.4 is 5.32 Å². The molecule has 4 nitrogen and oxygen atoms in total. The van der Waals surface area contributed by atoms with Crippen LogP contribution in [-0.2, 0) is 17.4 Å². The number of benzene rings is 2. The zero-order valence-corrected chi connectivity index (χ0v) is 14.8. The fourth-order valence-electron chi connectivity index (χ4n) is 2.82. The van der Waals surface area contributed by atoms with E-state index in [0.29, 0.717) is 16.9 Å². The molecule has 0 fully saturated rings. The number of hydrogen-bond acceptors (Lipinski definition) is 2. The van der Waals surface area contributed by atoms with Gasteiger partial charge in [0, 0.05) is 0 Å². The number of carbonyl (C=O) groups excluding carboxylic acids is 1. The van der Waals surface area contributed by atoms with Crippen molar-refractivity contribution in [2.75, 3.05) is 5.32 Å². The molecule has 0 aliphatic rings. The molecule has 7 heteroatoms. The molecule has 0 bridgehead atoms. The van der Waals surface area contributed by atoms with Crippen molar-refractivity contribution in [3.63, 3.8) is 0 Å². The quantitative estimate of drug-likeness (QED) is 0.721. The van der Waals surface area contributed by atoms with E-state index < -0.39 is 11.7 Å². The number of rotatable bonds is 4. The van der Waals surface area contributed by atoms with E-state index in [-0.39, 0.29) is 12.3 Å². The van der Waals surface area contributed by atoms with Crippen molar-refractivity contribution in [1.82, 2.24) is 9.78 Å². The maximum absolute atomic E-state index is 12.6. The van der Waals surface area contributed by atoms with Crippen LogP contribution >= 0.6 is 0 Å². The van der Waals surface area contributed by atoms with E-state index in [4.69, 9.17) is 0 Å². The average Bonchev–Trinajstić information content (AvgIpc) is 2.90. The minimum Gasteiger partial charge on any atom is -0.323 e. The van der Waals surface area contributed by atoms with Gasteiger partial charge in [0.25, 0.3) is 0 Å². The molecule has 0 atom stereocenters. The smallest absolute Gasteiger partial charge is 0.323 e. The molecule has 1 amide bonds. The maximum atomic E-state index is 12.6. The minimum atomic E-state index is -4.39. The first kappa shape index (κ1) is 18.7. The lowest BCUT2D eigenvalue weighted by atomic mass is 10.1. The lowest BCUT2D eigenvalue weighted by molar-refractivity contribution is -0.137. The SMILES string of the molecule is Cc1nn(-c2ccccc2)c(C)c1NC(=O)Cc1ccc(C(F)(F)F)cc1. The van der Waals surface area contributed by atoms with Gasteiger partial charge in [-0.1, -0.05) is 30.3 Å². The van der Waals surface area contributed by atoms with Crippen molar-refractivity contribution in [3.8, 4) is 5.69 Å². The van der Waals surface area contributed by atoms with Gasteiger partial charge < -0.3 is 5.32 Å². The lowest BCUT2D eigenvalue weighted by Crippen LogP contribution is -2.15. The van der Waals surface area contributed by atoms with Gasteiger partial charge in [0.05, 0.1) is 34.7 Å². The number of nitrogens with one attached hydrogen (secondary N) is 1. The Morgan fingerprint density at radius 1 is 1.04 bits per heavy atom. The molecule has 1 N–H and O–H groups in total. The molecule has 140 valence electrons. The standard InChI is InChI=1S/C20H18F3N3O/c1-13-19(14(2)26(25-13)17-6-4-3-5-7-17)24-18(27)12-15-8-10-16(11-9-15)20(21,22)23/h3-11H,12H2,1-2H3,(H,24,27). The molecule has 1 heterocycles. The first-order valence-electron chi connectivity index (χ1n) is 8.33. The number of aryl methyl sites for hydroxylation is 1. The normalized spacial score (nSPS) is 11.4. The zero-order chi connectivity index (χ0) is 19.6. The summed E-state index contributed by atoms with van der Waals surface area (Å²) in [6, 6.07) is 14.1. The Balaban J connectivity index is 1.74. The summed E-state index contributed by atoms with van der Waals surface area (Å²) in [5.41, 5.74) is 2.70. The van der Waals surface area contributed by atoms with Crippen LogP contribution in [0.5, 0.6) is 0 Å². The van der Waals surface area contributed by atoms with Gasteiger partial charge in [-0.05, 0) is 43.7 Å². The Hall–Kier alpha value is -3.09. The van der Waals surface area contributed by atoms with E-state index in [9.17, 15) is 18.0 Å². The third-order valence-corrected chi connectivity index (χ3v) is 4.20. The van der Waals surface area contributed by atoms with Crippen molar-refractivity contribution in [2.45, 2.75) is 26.4 Å². The van der Waals surface area contributed by atoms with Crippen LogP contribution in [0.4, 0.5) is 18.9 Å². The van der Waals surface area contributed by atoms with Crippen molar-refractivity contribution in [2.24, 2.45) is 0 Å². The Bertz CT molecular complexity index is 945. The first-order chi connectivity index (χ1) is 12.8. The number of para-hydroxylation sites is 1. The molecule has 0 spiro atoms. The minimum absolute atomic E-state index is 0.0203. The van der Waals surface area contributed by atoms with Crippen molar-refractivity contribution < 1.29 is 18.0 Å². The number of anilines is 1. The highest BCUT2D eigenvalue weighted by atomic mass is 19.4. The summed E-state index contributed by atoms with van der Waals surface area (Å²) in [6.07, 6.45) is -4.41. The van der Waals surface area contributed by atoms with Crippen LogP contribution in [-0.4, -0.2) is 15.7 Å². The monoisotopic (exact) mass is 373 g/mol. The highest BCUT2D eigenvalue weighted by Gasteiger charge is 2.30. The molecule has 0 unspecified atom stereocenters. The van der Waals surface area contributed by atoms with Gasteiger partial charge >= 0.3 is 6.18 Å². The molecular formula is C20H18F3N3O. The Labute approximate surface area is 154 Å². The molecule has 0 radical (unpaired) electrons. The molecule has 1 aromatic heterocycles. The molecule has 3 rings (SSSR count). The highest BCUT2D eigenvalue weighted by molar-refractivity contribution is 5.93. The summed E-state index contributed by atoms with van der Waals surface area (Å²) in [6.45, 7) is 3.64. The lowest BCUT2D eigenvalue weighted by Gasteiger charge is -2.09. The van der Waals surface area contributed by atoms with E-state index in [1.165, 1.54) is 12.1 Å². The third-order valence-electron chi connectivity index (χ3n) is 4.20. The Kier molecular flexibility index (Phi) is 5.03. The highest BCUT2D eigenvalue weighted by Crippen LogP contribution is 2.29. The summed E-state index contributed by atoms with van der Waals surface area (Å²) in [7, 11) is 0. The van der Waals surface area contributed by atoms with Gasteiger partial charge in [0.15, 0.2) is 0 Å². The molecule has 0 saturated carbocycles. The fourth-order valence-corrected chi connectivity index (χ4v) is 2.82. The van der Waals surface area contributed by atoms with E-state index in [1.54, 1.807) is 11.6 Å². The largest absolute Gasteiger partial charge is 0.416 e. The van der Waals surface area contributed by atoms with Crippen LogP contribution in [0, 0.1) is 13.8 Å². The Morgan fingerprint density at radius 2 is 1.67 bits per heavy atom. The third kappa shape index (κ3) is 4.19. The van der Waals surface area contributed by atoms with Crippen LogP contribution in [0.15, 0.2) is 54.6 Å². The predicted octanol–water partition coefficient (Wildman–Crippen LogP) is 4.69. The molecule has 3 aromatic rings. The fraction of sp³-hybridized carbons (Fsp3) is 0.200. The van der Waals surface area contributed by atoms with Crippen LogP contribution in [0.3, 0.4) is 0 Å². The van der Waals surface area contributed by atoms with Crippen LogP contribution in [0.25, 0.3) is 5.69 Å². The number of halogens is 3. The molecule has 2 aromatic carbocycles. The number of hydrogen-bond donors (Lipinski definition) is 1. The topological polar surface area (TPSA) is 46.9 Å². The molecule has 0 saturated heterocycles. The molecule has 0 aliphatic carbocycles. The molecule has 27 heavy (non-hydrogen) atoms. The summed E-state index contributed by atoms with van der Waals surface area (Å²) in [5, 5.41) is 7.27. The summed E-state index contributed by atoms with van der Waals surface area (Å²) < 4.78 is 39.6. The number of amides is 1. The first-order valence-corrected chi connectivity index (χ1v) is 8.33. The van der Waals surface area contributed by atoms with Crippen molar-refractivity contribution in [1.29, 1.82) is 0 Å².